The summed E-state index contributed by atoms with van der Waals surface area (Å²) in [6, 6.07) is 18.7. The molecule has 1 aromatic heterocycles. The molecule has 0 saturated carbocycles. The number of rotatable bonds is 6. The second kappa shape index (κ2) is 8.65. The summed E-state index contributed by atoms with van der Waals surface area (Å²) in [5, 5.41) is 0. The number of carbonyl (C=O) groups is 2. The van der Waals surface area contributed by atoms with E-state index in [0.717, 1.165) is 18.4 Å². The Bertz CT molecular complexity index is 1010. The van der Waals surface area contributed by atoms with E-state index in [1.807, 2.05) is 36.4 Å². The summed E-state index contributed by atoms with van der Waals surface area (Å²) in [6.07, 6.45) is 3.56. The van der Waals surface area contributed by atoms with Gasteiger partial charge in [0.25, 0.3) is 0 Å². The van der Waals surface area contributed by atoms with Crippen LogP contribution in [0.1, 0.15) is 39.4 Å². The molecule has 0 bridgehead atoms. The quantitative estimate of drug-likeness (QED) is 0.633. The van der Waals surface area contributed by atoms with Crippen molar-refractivity contribution in [2.45, 2.75) is 32.3 Å². The van der Waals surface area contributed by atoms with Crippen molar-refractivity contribution in [3.8, 4) is 5.75 Å². The van der Waals surface area contributed by atoms with Crippen molar-refractivity contribution in [3.05, 3.63) is 88.9 Å². The first kappa shape index (κ1) is 18.8. The van der Waals surface area contributed by atoms with Gasteiger partial charge in [-0.3, -0.25) is 20.4 Å². The van der Waals surface area contributed by atoms with Gasteiger partial charge in [-0.2, -0.15) is 0 Å². The zero-order valence-corrected chi connectivity index (χ0v) is 15.9. The van der Waals surface area contributed by atoms with E-state index in [0.29, 0.717) is 11.5 Å². The number of amides is 2. The minimum atomic E-state index is -0.515. The Morgan fingerprint density at radius 1 is 0.931 bits per heavy atom. The average molecular weight is 390 g/mol. The fourth-order valence-electron chi connectivity index (χ4n) is 3.40. The fourth-order valence-corrected chi connectivity index (χ4v) is 3.40. The van der Waals surface area contributed by atoms with Gasteiger partial charge in [0.2, 0.25) is 5.91 Å². The van der Waals surface area contributed by atoms with Crippen molar-refractivity contribution >= 4 is 11.8 Å². The highest BCUT2D eigenvalue weighted by Gasteiger charge is 2.14. The van der Waals surface area contributed by atoms with Crippen LogP contribution in [0.3, 0.4) is 0 Å². The molecule has 2 amide bonds. The third-order valence-corrected chi connectivity index (χ3v) is 4.85. The van der Waals surface area contributed by atoms with Gasteiger partial charge >= 0.3 is 5.91 Å². The summed E-state index contributed by atoms with van der Waals surface area (Å²) in [7, 11) is 0. The van der Waals surface area contributed by atoms with Crippen molar-refractivity contribution in [1.82, 2.24) is 10.9 Å². The Hall–Kier alpha value is -3.54. The van der Waals surface area contributed by atoms with Crippen LogP contribution in [0.5, 0.6) is 5.75 Å². The lowest BCUT2D eigenvalue weighted by atomic mass is 10.0. The number of carbonyl (C=O) groups excluding carboxylic acids is 2. The van der Waals surface area contributed by atoms with Crippen LogP contribution in [0.15, 0.2) is 65.1 Å². The highest BCUT2D eigenvalue weighted by Crippen LogP contribution is 2.23. The minimum absolute atomic E-state index is 0.106. The molecule has 6 nitrogen and oxygen atoms in total. The average Bonchev–Trinajstić information content (AvgIpc) is 3.40. The van der Waals surface area contributed by atoms with Crippen LogP contribution < -0.4 is 15.6 Å². The molecule has 3 aromatic rings. The lowest BCUT2D eigenvalue weighted by Gasteiger charge is -2.07. The van der Waals surface area contributed by atoms with Gasteiger partial charge < -0.3 is 9.15 Å². The Kier molecular flexibility index (Phi) is 5.61. The summed E-state index contributed by atoms with van der Waals surface area (Å²) in [4.78, 5) is 24.3. The maximum Gasteiger partial charge on any atom is 0.305 e. The lowest BCUT2D eigenvalue weighted by molar-refractivity contribution is -0.121. The van der Waals surface area contributed by atoms with E-state index < -0.39 is 5.91 Å². The lowest BCUT2D eigenvalue weighted by Crippen LogP contribution is -2.42. The van der Waals surface area contributed by atoms with Crippen molar-refractivity contribution in [3.63, 3.8) is 0 Å². The second-order valence-corrected chi connectivity index (χ2v) is 7.00. The van der Waals surface area contributed by atoms with E-state index in [-0.39, 0.29) is 24.7 Å². The Balaban J connectivity index is 1.25. The van der Waals surface area contributed by atoms with Crippen LogP contribution in [-0.2, 0) is 30.7 Å². The van der Waals surface area contributed by atoms with Crippen LogP contribution in [0.4, 0.5) is 0 Å². The smallest absolute Gasteiger partial charge is 0.305 e. The molecule has 2 N–H and O–H groups in total. The molecule has 0 atom stereocenters. The molecule has 1 aliphatic carbocycles. The molecule has 0 radical (unpaired) electrons. The van der Waals surface area contributed by atoms with Gasteiger partial charge in [0.1, 0.15) is 18.1 Å². The molecular formula is C23H22N2O4. The van der Waals surface area contributed by atoms with Crippen LogP contribution in [-0.4, -0.2) is 11.8 Å². The molecule has 0 saturated heterocycles. The van der Waals surface area contributed by atoms with Gasteiger partial charge in [-0.15, -0.1) is 0 Å². The van der Waals surface area contributed by atoms with Gasteiger partial charge in [0.15, 0.2) is 5.76 Å². The number of aryl methyl sites for hydroxylation is 2. The fraction of sp³-hybridized carbons (Fsp3) is 0.217. The largest absolute Gasteiger partial charge is 0.486 e. The van der Waals surface area contributed by atoms with Gasteiger partial charge in [-0.25, -0.2) is 0 Å². The monoisotopic (exact) mass is 390 g/mol. The first-order valence-corrected chi connectivity index (χ1v) is 9.64. The number of benzene rings is 2. The molecule has 0 aliphatic heterocycles. The summed E-state index contributed by atoms with van der Waals surface area (Å²) in [5.41, 5.74) is 8.45. The highest BCUT2D eigenvalue weighted by atomic mass is 16.5. The zero-order valence-electron chi connectivity index (χ0n) is 15.9. The number of hydrogen-bond acceptors (Lipinski definition) is 4. The third kappa shape index (κ3) is 4.85. The molecule has 4 rings (SSSR count). The second-order valence-electron chi connectivity index (χ2n) is 7.00. The van der Waals surface area contributed by atoms with Crippen LogP contribution in [0.2, 0.25) is 0 Å². The molecule has 0 unspecified atom stereocenters. The summed E-state index contributed by atoms with van der Waals surface area (Å²) < 4.78 is 11.1. The Labute approximate surface area is 168 Å². The maximum absolute atomic E-state index is 12.2. The standard InChI is InChI=1S/C23H22N2O4/c26-22(14-16-9-10-17-5-4-6-18(17)13-16)24-25-23(27)21-12-11-20(29-21)15-28-19-7-2-1-3-8-19/h1-3,7-13H,4-6,14-15H2,(H,24,26)(H,25,27). The number of fused-ring (bicyclic) bond motifs is 1. The summed E-state index contributed by atoms with van der Waals surface area (Å²) in [5.74, 6) is 0.542. The molecule has 2 aromatic carbocycles. The normalized spacial score (nSPS) is 12.3. The number of ether oxygens (including phenoxy) is 1. The first-order valence-electron chi connectivity index (χ1n) is 9.64. The van der Waals surface area contributed by atoms with E-state index in [9.17, 15) is 9.59 Å². The van der Waals surface area contributed by atoms with Gasteiger partial charge in [-0.1, -0.05) is 36.4 Å². The van der Waals surface area contributed by atoms with Gasteiger partial charge in [0, 0.05) is 0 Å². The summed E-state index contributed by atoms with van der Waals surface area (Å²) in [6.45, 7) is 0.210. The van der Waals surface area contributed by atoms with E-state index in [4.69, 9.17) is 9.15 Å². The van der Waals surface area contributed by atoms with Gasteiger partial charge in [-0.05, 0) is 60.2 Å². The van der Waals surface area contributed by atoms with E-state index in [1.54, 1.807) is 12.1 Å². The third-order valence-electron chi connectivity index (χ3n) is 4.85. The molecule has 1 heterocycles. The zero-order chi connectivity index (χ0) is 20.1. The van der Waals surface area contributed by atoms with E-state index in [1.165, 1.54) is 17.5 Å². The summed E-state index contributed by atoms with van der Waals surface area (Å²) >= 11 is 0. The molecule has 29 heavy (non-hydrogen) atoms. The van der Waals surface area contributed by atoms with Crippen molar-refractivity contribution in [2.24, 2.45) is 0 Å². The number of hydrogen-bond donors (Lipinski definition) is 2. The molecule has 0 spiro atoms. The molecule has 1 aliphatic rings. The molecule has 0 fully saturated rings. The molecule has 148 valence electrons. The van der Waals surface area contributed by atoms with Crippen molar-refractivity contribution in [1.29, 1.82) is 0 Å². The number of hydrazine groups is 1. The van der Waals surface area contributed by atoms with E-state index >= 15 is 0 Å². The Morgan fingerprint density at radius 2 is 1.76 bits per heavy atom. The number of para-hydroxylation sites is 1. The number of nitrogens with one attached hydrogen (secondary N) is 2. The van der Waals surface area contributed by atoms with Crippen molar-refractivity contribution < 1.29 is 18.7 Å². The predicted octanol–water partition coefficient (Wildman–Crippen LogP) is 3.35. The van der Waals surface area contributed by atoms with Crippen LogP contribution >= 0.6 is 0 Å². The maximum atomic E-state index is 12.2. The van der Waals surface area contributed by atoms with Crippen LogP contribution in [0.25, 0.3) is 0 Å². The first-order chi connectivity index (χ1) is 14.2. The van der Waals surface area contributed by atoms with Crippen LogP contribution in [0, 0.1) is 0 Å². The minimum Gasteiger partial charge on any atom is -0.486 e. The number of furan rings is 1. The van der Waals surface area contributed by atoms with Crippen molar-refractivity contribution in [2.75, 3.05) is 0 Å². The van der Waals surface area contributed by atoms with Gasteiger partial charge in [0.05, 0.1) is 6.42 Å². The molecule has 6 heteroatoms. The molecular weight excluding hydrogens is 368 g/mol. The van der Waals surface area contributed by atoms with E-state index in [2.05, 4.69) is 23.0 Å². The predicted molar refractivity (Wildman–Crippen MR) is 107 cm³/mol. The SMILES string of the molecule is O=C(Cc1ccc2c(c1)CCC2)NNC(=O)c1ccc(COc2ccccc2)o1. The Morgan fingerprint density at radius 3 is 2.62 bits per heavy atom. The topological polar surface area (TPSA) is 80.6 Å². The highest BCUT2D eigenvalue weighted by molar-refractivity contribution is 5.93.